The number of halogens is 2. The van der Waals surface area contributed by atoms with Gasteiger partial charge in [-0.3, -0.25) is 0 Å². The van der Waals surface area contributed by atoms with Gasteiger partial charge in [0.1, 0.15) is 0 Å². The Morgan fingerprint density at radius 2 is 1.67 bits per heavy atom. The lowest BCUT2D eigenvalue weighted by Gasteiger charge is -2.25. The maximum absolute atomic E-state index is 12.6. The van der Waals surface area contributed by atoms with Crippen molar-refractivity contribution < 1.29 is 8.78 Å². The molecule has 0 bridgehead atoms. The predicted octanol–water partition coefficient (Wildman–Crippen LogP) is 5.83. The van der Waals surface area contributed by atoms with Crippen molar-refractivity contribution in [2.75, 3.05) is 0 Å². The second kappa shape index (κ2) is 8.57. The molecule has 118 valence electrons. The van der Waals surface area contributed by atoms with Gasteiger partial charge in [0.05, 0.1) is 0 Å². The highest BCUT2D eigenvalue weighted by Crippen LogP contribution is 2.32. The van der Waals surface area contributed by atoms with Crippen LogP contribution in [0.5, 0.6) is 0 Å². The number of hydrogen-bond acceptors (Lipinski definition) is 0. The quantitative estimate of drug-likeness (QED) is 0.574. The molecule has 0 N–H and O–H groups in total. The molecule has 0 heterocycles. The smallest absolute Gasteiger partial charge is 0.210 e. The van der Waals surface area contributed by atoms with Crippen LogP contribution in [0, 0.1) is 35.5 Å². The molecule has 2 aliphatic carbocycles. The third kappa shape index (κ3) is 5.46. The number of hydrogen-bond donors (Lipinski definition) is 0. The highest BCUT2D eigenvalue weighted by atomic mass is 19.3. The summed E-state index contributed by atoms with van der Waals surface area (Å²) in [5.74, 6) is 8.01. The van der Waals surface area contributed by atoms with E-state index in [1.165, 1.54) is 32.1 Å². The van der Waals surface area contributed by atoms with Gasteiger partial charge in [0, 0.05) is 11.8 Å². The van der Waals surface area contributed by atoms with Crippen LogP contribution in [-0.4, -0.2) is 6.43 Å². The monoisotopic (exact) mass is 294 g/mol. The summed E-state index contributed by atoms with van der Waals surface area (Å²) in [6, 6.07) is 0. The molecule has 0 unspecified atom stereocenters. The Bertz CT molecular complexity index is 372. The fourth-order valence-corrected chi connectivity index (χ4v) is 3.65. The van der Waals surface area contributed by atoms with Gasteiger partial charge in [-0.05, 0) is 69.3 Å². The zero-order valence-electron chi connectivity index (χ0n) is 13.2. The molecule has 0 spiro atoms. The summed E-state index contributed by atoms with van der Waals surface area (Å²) in [4.78, 5) is 0. The Morgan fingerprint density at radius 1 is 1.00 bits per heavy atom. The molecule has 21 heavy (non-hydrogen) atoms. The Kier molecular flexibility index (Phi) is 6.74. The van der Waals surface area contributed by atoms with Crippen molar-refractivity contribution in [1.29, 1.82) is 0 Å². The first-order valence-corrected chi connectivity index (χ1v) is 8.65. The van der Waals surface area contributed by atoms with E-state index in [1.54, 1.807) is 0 Å². The van der Waals surface area contributed by atoms with Gasteiger partial charge in [-0.25, -0.2) is 8.78 Å². The van der Waals surface area contributed by atoms with Crippen molar-refractivity contribution in [3.8, 4) is 11.8 Å². The molecule has 2 saturated carbocycles. The van der Waals surface area contributed by atoms with Crippen LogP contribution in [0.4, 0.5) is 8.78 Å². The molecule has 0 atom stereocenters. The van der Waals surface area contributed by atoms with E-state index in [4.69, 9.17) is 0 Å². The normalized spacial score (nSPS) is 33.9. The minimum absolute atomic E-state index is 0.334. The van der Waals surface area contributed by atoms with Gasteiger partial charge in [-0.2, -0.15) is 0 Å². The lowest BCUT2D eigenvalue weighted by Crippen LogP contribution is -2.19. The van der Waals surface area contributed by atoms with Gasteiger partial charge >= 0.3 is 0 Å². The molecular formula is C19H28F2. The van der Waals surface area contributed by atoms with Crippen molar-refractivity contribution in [2.24, 2.45) is 23.7 Å². The maximum Gasteiger partial charge on any atom is 0.241 e. The van der Waals surface area contributed by atoms with E-state index >= 15 is 0 Å². The Hall–Kier alpha value is -0.840. The van der Waals surface area contributed by atoms with Crippen molar-refractivity contribution >= 4 is 0 Å². The summed E-state index contributed by atoms with van der Waals surface area (Å²) >= 11 is 0. The van der Waals surface area contributed by atoms with Crippen molar-refractivity contribution in [3.63, 3.8) is 0 Å². The van der Waals surface area contributed by atoms with E-state index in [-0.39, 0.29) is 5.92 Å². The van der Waals surface area contributed by atoms with Crippen LogP contribution in [0.15, 0.2) is 12.2 Å². The molecule has 0 aromatic carbocycles. The van der Waals surface area contributed by atoms with Crippen molar-refractivity contribution in [3.05, 3.63) is 12.2 Å². The highest BCUT2D eigenvalue weighted by Gasteiger charge is 2.26. The first kappa shape index (κ1) is 16.5. The van der Waals surface area contributed by atoms with Crippen LogP contribution in [0.1, 0.15) is 64.7 Å². The lowest BCUT2D eigenvalue weighted by atomic mass is 9.81. The summed E-state index contributed by atoms with van der Waals surface area (Å²) in [6.07, 6.45) is 11.7. The molecule has 2 rings (SSSR count). The molecule has 0 saturated heterocycles. The third-order valence-electron chi connectivity index (χ3n) is 5.34. The summed E-state index contributed by atoms with van der Waals surface area (Å²) in [5.41, 5.74) is 0. The molecule has 0 aromatic rings. The summed E-state index contributed by atoms with van der Waals surface area (Å²) in [5, 5.41) is 0. The average Bonchev–Trinajstić information content (AvgIpc) is 2.52. The zero-order chi connectivity index (χ0) is 15.1. The summed E-state index contributed by atoms with van der Waals surface area (Å²) in [7, 11) is 0. The molecule has 0 radical (unpaired) electrons. The Labute approximate surface area is 128 Å². The van der Waals surface area contributed by atoms with Gasteiger partial charge in [0.2, 0.25) is 6.43 Å². The molecule has 0 amide bonds. The second-order valence-electron chi connectivity index (χ2n) is 6.78. The number of alkyl halides is 2. The Balaban J connectivity index is 1.68. The molecule has 0 aromatic heterocycles. The number of allylic oxidation sites excluding steroid dienone is 2. The third-order valence-corrected chi connectivity index (χ3v) is 5.34. The van der Waals surface area contributed by atoms with E-state index in [0.29, 0.717) is 24.7 Å². The van der Waals surface area contributed by atoms with Crippen molar-refractivity contribution in [2.45, 2.75) is 71.1 Å². The fraction of sp³-hybridized carbons (Fsp3) is 0.789. The van der Waals surface area contributed by atoms with Gasteiger partial charge in [0.25, 0.3) is 0 Å². The van der Waals surface area contributed by atoms with Crippen LogP contribution in [-0.2, 0) is 0 Å². The molecule has 0 aliphatic heterocycles. The summed E-state index contributed by atoms with van der Waals surface area (Å²) < 4.78 is 25.1. The molecule has 2 fully saturated rings. The first-order valence-electron chi connectivity index (χ1n) is 8.65. The van der Waals surface area contributed by atoms with Gasteiger partial charge in [0.15, 0.2) is 0 Å². The minimum atomic E-state index is -2.14. The first-order chi connectivity index (χ1) is 10.2. The predicted molar refractivity (Wildman–Crippen MR) is 84.1 cm³/mol. The Morgan fingerprint density at radius 3 is 2.24 bits per heavy atom. The van der Waals surface area contributed by atoms with Crippen LogP contribution in [0.25, 0.3) is 0 Å². The molecule has 2 heteroatoms. The maximum atomic E-state index is 12.6. The highest BCUT2D eigenvalue weighted by molar-refractivity contribution is 5.18. The SMILES string of the molecule is CC[C@H]1CC[C@H](/C=C/C#C[C@H]2CC[C@H](C(F)F)CC2)CC1. The standard InChI is InChI=1S/C19H28F2/c1-2-15-7-9-16(10-8-15)5-3-4-6-17-11-13-18(14-12-17)19(20)21/h3,5,15-19H,2,7-14H2,1H3/b5-3+/t15-,16-,17-,18-. The van der Waals surface area contributed by atoms with E-state index in [1.807, 2.05) is 6.08 Å². The summed E-state index contributed by atoms with van der Waals surface area (Å²) in [6.45, 7) is 2.29. The van der Waals surface area contributed by atoms with Crippen LogP contribution in [0.2, 0.25) is 0 Å². The van der Waals surface area contributed by atoms with Crippen molar-refractivity contribution in [1.82, 2.24) is 0 Å². The average molecular weight is 294 g/mol. The molecule has 2 aliphatic rings. The minimum Gasteiger partial charge on any atom is -0.210 e. The fourth-order valence-electron chi connectivity index (χ4n) is 3.65. The van der Waals surface area contributed by atoms with Gasteiger partial charge < -0.3 is 0 Å². The van der Waals surface area contributed by atoms with Gasteiger partial charge in [-0.15, -0.1) is 0 Å². The molecular weight excluding hydrogens is 266 g/mol. The topological polar surface area (TPSA) is 0 Å². The second-order valence-corrected chi connectivity index (χ2v) is 6.78. The largest absolute Gasteiger partial charge is 0.241 e. The molecule has 0 nitrogen and oxygen atoms in total. The van der Waals surface area contributed by atoms with Gasteiger partial charge in [-0.1, -0.05) is 31.3 Å². The van der Waals surface area contributed by atoms with Crippen LogP contribution < -0.4 is 0 Å². The van der Waals surface area contributed by atoms with Crippen LogP contribution in [0.3, 0.4) is 0 Å². The van der Waals surface area contributed by atoms with Crippen LogP contribution >= 0.6 is 0 Å². The zero-order valence-corrected chi connectivity index (χ0v) is 13.2. The van der Waals surface area contributed by atoms with E-state index < -0.39 is 6.43 Å². The number of rotatable bonds is 3. The van der Waals surface area contributed by atoms with E-state index in [9.17, 15) is 8.78 Å². The van der Waals surface area contributed by atoms with E-state index in [0.717, 1.165) is 18.8 Å². The van der Waals surface area contributed by atoms with E-state index in [2.05, 4.69) is 24.8 Å². The lowest BCUT2D eigenvalue weighted by molar-refractivity contribution is 0.0513.